The third-order valence-electron chi connectivity index (χ3n) is 1.51. The molecule has 62 valence electrons. The Morgan fingerprint density at radius 2 is 1.62 bits per heavy atom. The molecule has 0 saturated carbocycles. The third kappa shape index (κ3) is 3.27. The van der Waals surface area contributed by atoms with Crippen LogP contribution in [0.1, 0.15) is 0 Å². The minimum Gasteiger partial charge on any atom is -0.256 e. The van der Waals surface area contributed by atoms with Crippen molar-refractivity contribution in [3.8, 4) is 0 Å². The van der Waals surface area contributed by atoms with Crippen LogP contribution in [0.2, 0.25) is 0 Å². The van der Waals surface area contributed by atoms with Crippen LogP contribution in [-0.4, -0.2) is 41.3 Å². The summed E-state index contributed by atoms with van der Waals surface area (Å²) in [6.07, 6.45) is 1.81. The van der Waals surface area contributed by atoms with E-state index in [1.165, 1.54) is 5.39 Å². The first-order valence-corrected chi connectivity index (χ1v) is 3.55. The third-order valence-corrected chi connectivity index (χ3v) is 1.51. The molecular weight excluding hydrogens is 173 g/mol. The molecule has 0 aliphatic rings. The van der Waals surface area contributed by atoms with E-state index in [0.717, 1.165) is 5.52 Å². The summed E-state index contributed by atoms with van der Waals surface area (Å²) in [4.78, 5) is 12.2. The maximum atomic E-state index is 8.00. The predicted molar refractivity (Wildman–Crippen MR) is 56.0 cm³/mol. The van der Waals surface area contributed by atoms with Crippen LogP contribution in [0.4, 0.5) is 0 Å². The molecule has 0 atom stereocenters. The summed E-state index contributed by atoms with van der Waals surface area (Å²) in [5.41, 5.74) is 1.06. The summed E-state index contributed by atoms with van der Waals surface area (Å²) in [5, 5.41) is 1.20. The number of pyridine rings is 1. The Morgan fingerprint density at radius 1 is 1.00 bits per heavy atom. The van der Waals surface area contributed by atoms with Gasteiger partial charge in [-0.05, 0) is 12.1 Å². The number of hydrogen-bond donors (Lipinski definition) is 0. The molecule has 2 rings (SSSR count). The molecule has 0 aliphatic carbocycles. The Labute approximate surface area is 99.3 Å². The van der Waals surface area contributed by atoms with Gasteiger partial charge in [0.2, 0.25) is 0 Å². The molecule has 3 heteroatoms. The number of carbonyl (C=O) groups excluding carboxylic acids is 1. The number of hydrogen-bond acceptors (Lipinski definition) is 2. The second kappa shape index (κ2) is 6.78. The van der Waals surface area contributed by atoms with Crippen molar-refractivity contribution in [1.29, 1.82) is 0 Å². The summed E-state index contributed by atoms with van der Waals surface area (Å²) in [5.74, 6) is 0. The topological polar surface area (TPSA) is 30.0 Å². The van der Waals surface area contributed by atoms with Crippen LogP contribution in [0, 0.1) is 0 Å². The maximum Gasteiger partial charge on any atom is 0.0701 e. The van der Waals surface area contributed by atoms with Gasteiger partial charge in [-0.2, -0.15) is 0 Å². The Hall–Kier alpha value is -0.700. The van der Waals surface area contributed by atoms with Crippen molar-refractivity contribution in [2.24, 2.45) is 0 Å². The predicted octanol–water partition coefficient (Wildman–Crippen LogP) is 1.40. The summed E-state index contributed by atoms with van der Waals surface area (Å²) >= 11 is 0. The van der Waals surface area contributed by atoms with E-state index in [4.69, 9.17) is 4.79 Å². The van der Waals surface area contributed by atoms with Crippen LogP contribution in [0.3, 0.4) is 0 Å². The number of para-hydroxylation sites is 1. The van der Waals surface area contributed by atoms with E-state index in [9.17, 15) is 0 Å². The Bertz CT molecular complexity index is 299. The number of fused-ring (bicyclic) bond motifs is 1. The smallest absolute Gasteiger partial charge is 0.0701 e. The van der Waals surface area contributed by atoms with Crippen LogP contribution in [0.25, 0.3) is 10.9 Å². The van der Waals surface area contributed by atoms with Crippen LogP contribution in [-0.2, 0) is 4.79 Å². The van der Waals surface area contributed by atoms with Gasteiger partial charge in [0.15, 0.2) is 0 Å². The van der Waals surface area contributed by atoms with Gasteiger partial charge < -0.3 is 4.79 Å². The van der Waals surface area contributed by atoms with Gasteiger partial charge in [-0.15, -0.1) is 0 Å². The fraction of sp³-hybridized carbons (Fsp3) is 0. The van der Waals surface area contributed by atoms with E-state index < -0.39 is 0 Å². The van der Waals surface area contributed by atoms with Crippen molar-refractivity contribution < 1.29 is 4.79 Å². The Balaban J connectivity index is 0.000000451. The fourth-order valence-electron chi connectivity index (χ4n) is 1.02. The number of nitrogens with zero attached hydrogens (tertiary/aromatic N) is 1. The summed E-state index contributed by atoms with van der Waals surface area (Å²) in [7, 11) is 0. The minimum atomic E-state index is 0. The first kappa shape index (κ1) is 12.3. The van der Waals surface area contributed by atoms with Crippen LogP contribution < -0.4 is 0 Å². The molecule has 0 saturated heterocycles. The SMILES string of the molecule is C=O.[NaH].c1ccc2ncccc2c1. The summed E-state index contributed by atoms with van der Waals surface area (Å²) in [6, 6.07) is 12.1. The van der Waals surface area contributed by atoms with E-state index in [-0.39, 0.29) is 29.6 Å². The quantitative estimate of drug-likeness (QED) is 0.578. The molecule has 2 nitrogen and oxygen atoms in total. The van der Waals surface area contributed by atoms with Crippen LogP contribution >= 0.6 is 0 Å². The number of aromatic nitrogens is 1. The van der Waals surface area contributed by atoms with Gasteiger partial charge >= 0.3 is 29.6 Å². The van der Waals surface area contributed by atoms with Gasteiger partial charge in [0.25, 0.3) is 0 Å². The Kier molecular flexibility index (Phi) is 6.41. The molecule has 0 amide bonds. The van der Waals surface area contributed by atoms with Gasteiger partial charge in [0, 0.05) is 11.6 Å². The number of benzene rings is 1. The van der Waals surface area contributed by atoms with Gasteiger partial charge in [-0.1, -0.05) is 24.3 Å². The summed E-state index contributed by atoms with van der Waals surface area (Å²) < 4.78 is 0. The molecule has 0 bridgehead atoms. The Morgan fingerprint density at radius 3 is 2.31 bits per heavy atom. The zero-order chi connectivity index (χ0) is 8.81. The molecule has 1 aromatic carbocycles. The van der Waals surface area contributed by atoms with Crippen molar-refractivity contribution in [3.63, 3.8) is 0 Å². The van der Waals surface area contributed by atoms with Gasteiger partial charge in [-0.25, -0.2) is 0 Å². The molecule has 1 heterocycles. The zero-order valence-electron chi connectivity index (χ0n) is 6.60. The summed E-state index contributed by atoms with van der Waals surface area (Å²) in [6.45, 7) is 2.00. The molecule has 0 N–H and O–H groups in total. The van der Waals surface area contributed by atoms with E-state index in [1.807, 2.05) is 37.3 Å². The standard InChI is InChI=1S/C9H7N.CH2O.Na.H/c1-2-6-9-8(4-1)5-3-7-10-9;1-2;;/h1-7H;1H2;;. The molecule has 0 spiro atoms. The molecule has 2 aromatic rings. The van der Waals surface area contributed by atoms with Gasteiger partial charge in [0.05, 0.1) is 5.52 Å². The van der Waals surface area contributed by atoms with Crippen molar-refractivity contribution in [1.82, 2.24) is 4.98 Å². The monoisotopic (exact) mass is 183 g/mol. The molecule has 13 heavy (non-hydrogen) atoms. The van der Waals surface area contributed by atoms with E-state index in [2.05, 4.69) is 17.1 Å². The number of carbonyl (C=O) groups is 1. The van der Waals surface area contributed by atoms with Crippen LogP contribution in [0.5, 0.6) is 0 Å². The molecular formula is C10H10NNaO. The molecule has 0 unspecified atom stereocenters. The second-order valence-corrected chi connectivity index (χ2v) is 2.20. The van der Waals surface area contributed by atoms with Gasteiger partial charge in [-0.3, -0.25) is 4.98 Å². The maximum absolute atomic E-state index is 8.00. The van der Waals surface area contributed by atoms with Crippen LogP contribution in [0.15, 0.2) is 42.6 Å². The first-order chi connectivity index (χ1) is 5.97. The zero-order valence-corrected chi connectivity index (χ0v) is 6.60. The molecule has 0 fully saturated rings. The van der Waals surface area contributed by atoms with Crippen molar-refractivity contribution in [3.05, 3.63) is 42.6 Å². The molecule has 1 aromatic heterocycles. The normalized spacial score (nSPS) is 8.00. The first-order valence-electron chi connectivity index (χ1n) is 3.55. The average Bonchev–Trinajstić information content (AvgIpc) is 2.21. The second-order valence-electron chi connectivity index (χ2n) is 2.20. The van der Waals surface area contributed by atoms with Gasteiger partial charge in [0.1, 0.15) is 6.79 Å². The van der Waals surface area contributed by atoms with E-state index >= 15 is 0 Å². The van der Waals surface area contributed by atoms with Crippen molar-refractivity contribution in [2.45, 2.75) is 0 Å². The average molecular weight is 183 g/mol. The van der Waals surface area contributed by atoms with Crippen molar-refractivity contribution in [2.75, 3.05) is 0 Å². The molecule has 0 radical (unpaired) electrons. The van der Waals surface area contributed by atoms with Crippen molar-refractivity contribution >= 4 is 47.2 Å². The molecule has 0 aliphatic heterocycles. The fourth-order valence-corrected chi connectivity index (χ4v) is 1.02. The van der Waals surface area contributed by atoms with E-state index in [0.29, 0.717) is 0 Å². The van der Waals surface area contributed by atoms with E-state index in [1.54, 1.807) is 0 Å². The minimum absolute atomic E-state index is 0. The number of rotatable bonds is 0. The largest absolute Gasteiger partial charge is 0.256 e.